The second-order valence-corrected chi connectivity index (χ2v) is 5.37. The highest BCUT2D eigenvalue weighted by molar-refractivity contribution is 5.80. The maximum absolute atomic E-state index is 10.5. The van der Waals surface area contributed by atoms with Gasteiger partial charge in [-0.05, 0) is 25.3 Å². The van der Waals surface area contributed by atoms with Crippen LogP contribution in [0.4, 0.5) is 0 Å². The number of unbranched alkanes of at least 4 members (excludes halogenated alkanes) is 1. The van der Waals surface area contributed by atoms with E-state index in [9.17, 15) is 14.4 Å². The van der Waals surface area contributed by atoms with Gasteiger partial charge in [0.05, 0.1) is 6.42 Å². The second-order valence-electron chi connectivity index (χ2n) is 5.37. The van der Waals surface area contributed by atoms with E-state index in [0.29, 0.717) is 18.9 Å². The lowest BCUT2D eigenvalue weighted by molar-refractivity contribution is -0.145. The number of hydrogen-bond donors (Lipinski definition) is 5. The van der Waals surface area contributed by atoms with E-state index in [4.69, 9.17) is 21.1 Å². The van der Waals surface area contributed by atoms with Gasteiger partial charge in [-0.2, -0.15) is 0 Å². The van der Waals surface area contributed by atoms with Crippen molar-refractivity contribution in [1.82, 2.24) is 5.32 Å². The highest BCUT2D eigenvalue weighted by Gasteiger charge is 2.19. The van der Waals surface area contributed by atoms with Crippen molar-refractivity contribution in [2.24, 2.45) is 11.7 Å². The summed E-state index contributed by atoms with van der Waals surface area (Å²) in [5, 5.41) is 28.0. The Bertz CT molecular complexity index is 346. The van der Waals surface area contributed by atoms with E-state index in [-0.39, 0.29) is 6.42 Å². The van der Waals surface area contributed by atoms with Gasteiger partial charge >= 0.3 is 17.9 Å². The minimum atomic E-state index is -1.11. The van der Waals surface area contributed by atoms with Crippen LogP contribution in [-0.4, -0.2) is 51.9 Å². The molecule has 0 saturated heterocycles. The van der Waals surface area contributed by atoms with Crippen molar-refractivity contribution >= 4 is 17.9 Å². The van der Waals surface area contributed by atoms with Gasteiger partial charge in [-0.3, -0.25) is 14.4 Å². The normalized spacial score (nSPS) is 13.0. The molecule has 22 heavy (non-hydrogen) atoms. The summed E-state index contributed by atoms with van der Waals surface area (Å²) in [4.78, 5) is 30.9. The molecule has 0 heterocycles. The lowest BCUT2D eigenvalue weighted by Crippen LogP contribution is -2.38. The van der Waals surface area contributed by atoms with Crippen LogP contribution in [0.2, 0.25) is 0 Å². The van der Waals surface area contributed by atoms with Crippen LogP contribution >= 0.6 is 0 Å². The summed E-state index contributed by atoms with van der Waals surface area (Å²) in [6.45, 7) is 6.42. The highest BCUT2D eigenvalue weighted by atomic mass is 16.4. The molecule has 8 nitrogen and oxygen atoms in total. The second kappa shape index (κ2) is 13.0. The monoisotopic (exact) mass is 320 g/mol. The quantitative estimate of drug-likeness (QED) is 0.370. The number of nitrogens with two attached hydrogens (primary N) is 1. The van der Waals surface area contributed by atoms with E-state index in [1.807, 2.05) is 20.8 Å². The molecule has 2 atom stereocenters. The maximum atomic E-state index is 10.5. The molecule has 0 fully saturated rings. The fraction of sp³-hybridized carbons (Fsp3) is 0.786. The molecule has 0 aromatic rings. The zero-order valence-corrected chi connectivity index (χ0v) is 13.4. The number of rotatable bonds is 10. The van der Waals surface area contributed by atoms with Crippen LogP contribution in [-0.2, 0) is 14.4 Å². The van der Waals surface area contributed by atoms with E-state index < -0.39 is 30.0 Å². The number of nitrogens with one attached hydrogen (secondary N) is 1. The summed E-state index contributed by atoms with van der Waals surface area (Å²) in [7, 11) is 0. The maximum Gasteiger partial charge on any atom is 0.321 e. The predicted octanol–water partition coefficient (Wildman–Crippen LogP) is 0.748. The van der Waals surface area contributed by atoms with E-state index in [0.717, 1.165) is 12.8 Å². The highest BCUT2D eigenvalue weighted by Crippen LogP contribution is 2.01. The molecule has 0 aliphatic carbocycles. The fourth-order valence-electron chi connectivity index (χ4n) is 1.48. The molecule has 0 rings (SSSR count). The Labute approximate surface area is 130 Å². The summed E-state index contributed by atoms with van der Waals surface area (Å²) in [5.74, 6) is -2.77. The average Bonchev–Trinajstić information content (AvgIpc) is 2.37. The Morgan fingerprint density at radius 1 is 1.09 bits per heavy atom. The van der Waals surface area contributed by atoms with Crippen molar-refractivity contribution in [1.29, 1.82) is 0 Å². The molecule has 6 N–H and O–H groups in total. The Hall–Kier alpha value is -1.67. The zero-order chi connectivity index (χ0) is 17.7. The van der Waals surface area contributed by atoms with Gasteiger partial charge in [0.1, 0.15) is 12.1 Å². The molecule has 0 spiro atoms. The largest absolute Gasteiger partial charge is 0.481 e. The van der Waals surface area contributed by atoms with Gasteiger partial charge in [-0.25, -0.2) is 0 Å². The molecule has 8 heteroatoms. The fourth-order valence-corrected chi connectivity index (χ4v) is 1.48. The predicted molar refractivity (Wildman–Crippen MR) is 81.7 cm³/mol. The van der Waals surface area contributed by atoms with Crippen molar-refractivity contribution in [3.63, 3.8) is 0 Å². The van der Waals surface area contributed by atoms with Crippen LogP contribution in [0.5, 0.6) is 0 Å². The topological polar surface area (TPSA) is 150 Å². The molecule has 0 unspecified atom stereocenters. The average molecular weight is 320 g/mol. The summed E-state index contributed by atoms with van der Waals surface area (Å²) in [6.07, 6.45) is 1.98. The van der Waals surface area contributed by atoms with Crippen molar-refractivity contribution in [2.75, 3.05) is 6.54 Å². The van der Waals surface area contributed by atoms with Gasteiger partial charge in [0, 0.05) is 0 Å². The van der Waals surface area contributed by atoms with Crippen molar-refractivity contribution < 1.29 is 29.7 Å². The van der Waals surface area contributed by atoms with Gasteiger partial charge in [-0.1, -0.05) is 27.2 Å². The van der Waals surface area contributed by atoms with Gasteiger partial charge in [0.2, 0.25) is 0 Å². The third kappa shape index (κ3) is 14.7. The molecule has 0 amide bonds. The smallest absolute Gasteiger partial charge is 0.321 e. The van der Waals surface area contributed by atoms with Crippen molar-refractivity contribution in [2.45, 2.75) is 58.5 Å². The molecule has 0 aliphatic heterocycles. The zero-order valence-electron chi connectivity index (χ0n) is 13.4. The number of hydrogen-bond acceptors (Lipinski definition) is 5. The Balaban J connectivity index is 0. The number of carbonyl (C=O) groups is 3. The molecular weight excluding hydrogens is 292 g/mol. The summed E-state index contributed by atoms with van der Waals surface area (Å²) in [6, 6.07) is -1.66. The van der Waals surface area contributed by atoms with Gasteiger partial charge < -0.3 is 26.4 Å². The lowest BCUT2D eigenvalue weighted by Gasteiger charge is -2.11. The van der Waals surface area contributed by atoms with E-state index in [2.05, 4.69) is 5.32 Å². The van der Waals surface area contributed by atoms with E-state index in [1.165, 1.54) is 0 Å². The molecule has 0 aromatic carbocycles. The molecule has 0 aromatic heterocycles. The molecule has 0 saturated carbocycles. The minimum absolute atomic E-state index is 0.357. The Kier molecular flexibility index (Phi) is 13.4. The number of carboxylic acid groups (broad SMARTS) is 3. The minimum Gasteiger partial charge on any atom is -0.481 e. The number of aliphatic carboxylic acids is 3. The Morgan fingerprint density at radius 2 is 1.64 bits per heavy atom. The van der Waals surface area contributed by atoms with Crippen LogP contribution in [0.3, 0.4) is 0 Å². The molecule has 0 bridgehead atoms. The van der Waals surface area contributed by atoms with Gasteiger partial charge in [0.25, 0.3) is 0 Å². The van der Waals surface area contributed by atoms with Crippen LogP contribution in [0.1, 0.15) is 46.5 Å². The third-order valence-electron chi connectivity index (χ3n) is 2.64. The molecule has 0 aliphatic rings. The Morgan fingerprint density at radius 3 is 1.91 bits per heavy atom. The lowest BCUT2D eigenvalue weighted by atomic mass is 10.1. The number of carboxylic acids is 3. The first-order valence-electron chi connectivity index (χ1n) is 7.28. The summed E-state index contributed by atoms with van der Waals surface area (Å²) < 4.78 is 0. The first-order chi connectivity index (χ1) is 10.1. The van der Waals surface area contributed by atoms with Crippen LogP contribution in [0.15, 0.2) is 0 Å². The standard InChI is InChI=1S/C8H15NO4.C6H13NO2/c1-2-3-4-9-6(8(12)13)5-7(10)11;1-4(2)3-5(7)6(8)9/h6,9H,2-5H2,1H3,(H,10,11)(H,12,13);4-5H,3,7H2,1-2H3,(H,8,9)/t6-;5-/m00/s1. The molecule has 0 radical (unpaired) electrons. The van der Waals surface area contributed by atoms with E-state index in [1.54, 1.807) is 0 Å². The van der Waals surface area contributed by atoms with Crippen molar-refractivity contribution in [3.05, 3.63) is 0 Å². The molecular formula is C14H28N2O6. The third-order valence-corrected chi connectivity index (χ3v) is 2.64. The first-order valence-corrected chi connectivity index (χ1v) is 7.28. The first kappa shape index (κ1) is 22.6. The van der Waals surface area contributed by atoms with E-state index >= 15 is 0 Å². The molecule has 130 valence electrons. The summed E-state index contributed by atoms with van der Waals surface area (Å²) in [5.41, 5.74) is 5.22. The van der Waals surface area contributed by atoms with Crippen LogP contribution in [0, 0.1) is 5.92 Å². The summed E-state index contributed by atoms with van der Waals surface area (Å²) >= 11 is 0. The van der Waals surface area contributed by atoms with Crippen LogP contribution < -0.4 is 11.1 Å². The van der Waals surface area contributed by atoms with Gasteiger partial charge in [-0.15, -0.1) is 0 Å². The van der Waals surface area contributed by atoms with Gasteiger partial charge in [0.15, 0.2) is 0 Å². The SMILES string of the molecule is CC(C)C[C@H](N)C(=O)O.CCCCN[C@@H](CC(=O)O)C(=O)O. The van der Waals surface area contributed by atoms with Crippen LogP contribution in [0.25, 0.3) is 0 Å². The van der Waals surface area contributed by atoms with Crippen molar-refractivity contribution in [3.8, 4) is 0 Å².